The number of amides is 2. The Morgan fingerprint density at radius 1 is 1.02 bits per heavy atom. The van der Waals surface area contributed by atoms with E-state index >= 15 is 0 Å². The largest absolute Gasteiger partial charge is 0.444 e. The molecule has 244 valence electrons. The van der Waals surface area contributed by atoms with E-state index in [-0.39, 0.29) is 11.9 Å². The third kappa shape index (κ3) is 8.25. The van der Waals surface area contributed by atoms with Gasteiger partial charge in [-0.15, -0.1) is 0 Å². The number of hydrogen-bond acceptors (Lipinski definition) is 8. The van der Waals surface area contributed by atoms with Gasteiger partial charge in [-0.25, -0.2) is 14.8 Å². The molecule has 45 heavy (non-hydrogen) atoms. The first-order valence-electron chi connectivity index (χ1n) is 16.0. The van der Waals surface area contributed by atoms with Gasteiger partial charge in [-0.05, 0) is 77.6 Å². The number of piperidine rings is 1. The molecule has 2 aliphatic heterocycles. The van der Waals surface area contributed by atoms with E-state index in [1.807, 2.05) is 57.3 Å². The average molecular weight is 639 g/mol. The van der Waals surface area contributed by atoms with Crippen LogP contribution in [-0.2, 0) is 9.53 Å². The summed E-state index contributed by atoms with van der Waals surface area (Å²) in [7, 11) is 0. The highest BCUT2D eigenvalue weighted by atomic mass is 35.5. The van der Waals surface area contributed by atoms with E-state index in [2.05, 4.69) is 54.1 Å². The van der Waals surface area contributed by atoms with Crippen molar-refractivity contribution in [2.24, 2.45) is 0 Å². The summed E-state index contributed by atoms with van der Waals surface area (Å²) in [6.45, 7) is 15.9. The van der Waals surface area contributed by atoms with Crippen molar-refractivity contribution in [3.05, 3.63) is 53.4 Å². The van der Waals surface area contributed by atoms with Gasteiger partial charge in [-0.2, -0.15) is 0 Å². The minimum absolute atomic E-state index is 0.216. The highest BCUT2D eigenvalue weighted by Crippen LogP contribution is 2.31. The third-order valence-electron chi connectivity index (χ3n) is 8.87. The minimum Gasteiger partial charge on any atom is -0.444 e. The lowest BCUT2D eigenvalue weighted by molar-refractivity contribution is -0.129. The number of alkyl carbamates (subject to hydrolysis) is 1. The molecule has 0 bridgehead atoms. The smallest absolute Gasteiger partial charge is 0.408 e. The Balaban J connectivity index is 1.34. The molecule has 12 heteroatoms. The Labute approximate surface area is 271 Å². The molecule has 1 atom stereocenters. The number of rotatable bonds is 9. The van der Waals surface area contributed by atoms with Crippen molar-refractivity contribution in [3.63, 3.8) is 0 Å². The minimum atomic E-state index is -1.16. The molecule has 5 rings (SSSR count). The number of carbonyl (C=O) groups excluding carboxylic acids is 2. The van der Waals surface area contributed by atoms with Gasteiger partial charge in [0, 0.05) is 63.1 Å². The van der Waals surface area contributed by atoms with Gasteiger partial charge in [0.15, 0.2) is 0 Å². The molecule has 11 nitrogen and oxygen atoms in total. The van der Waals surface area contributed by atoms with Crippen molar-refractivity contribution >= 4 is 40.5 Å². The van der Waals surface area contributed by atoms with Crippen LogP contribution in [0.3, 0.4) is 0 Å². The zero-order chi connectivity index (χ0) is 32.2. The zero-order valence-corrected chi connectivity index (χ0v) is 27.9. The number of aromatic amines is 1. The molecular formula is C33H47ClN8O3. The van der Waals surface area contributed by atoms with E-state index in [9.17, 15) is 9.59 Å². The maximum absolute atomic E-state index is 14.4. The molecule has 0 saturated carbocycles. The topological polar surface area (TPSA) is 119 Å². The summed E-state index contributed by atoms with van der Waals surface area (Å²) in [6.07, 6.45) is 4.29. The second-order valence-electron chi connectivity index (χ2n) is 13.5. The number of fused-ring (bicyclic) bond motifs is 1. The summed E-state index contributed by atoms with van der Waals surface area (Å²) in [6, 6.07) is 9.89. The van der Waals surface area contributed by atoms with Gasteiger partial charge in [0.2, 0.25) is 5.91 Å². The first-order valence-corrected chi connectivity index (χ1v) is 16.4. The molecule has 0 aliphatic carbocycles. The second kappa shape index (κ2) is 13.9. The lowest BCUT2D eigenvalue weighted by Crippen LogP contribution is -2.64. The van der Waals surface area contributed by atoms with Crippen LogP contribution in [0.4, 0.5) is 10.6 Å². The number of nitrogens with zero attached hydrogens (tertiary/aromatic N) is 5. The summed E-state index contributed by atoms with van der Waals surface area (Å²) in [4.78, 5) is 46.6. The van der Waals surface area contributed by atoms with Crippen molar-refractivity contribution in [1.29, 1.82) is 0 Å². The molecule has 4 heterocycles. The van der Waals surface area contributed by atoms with Crippen molar-refractivity contribution in [1.82, 2.24) is 35.4 Å². The van der Waals surface area contributed by atoms with E-state index in [0.29, 0.717) is 37.0 Å². The molecular weight excluding hydrogens is 592 g/mol. The summed E-state index contributed by atoms with van der Waals surface area (Å²) in [5.74, 6) is 0.594. The van der Waals surface area contributed by atoms with Gasteiger partial charge in [0.25, 0.3) is 0 Å². The van der Waals surface area contributed by atoms with Gasteiger partial charge >= 0.3 is 6.09 Å². The fourth-order valence-electron chi connectivity index (χ4n) is 6.25. The summed E-state index contributed by atoms with van der Waals surface area (Å²) < 4.78 is 5.64. The van der Waals surface area contributed by atoms with Gasteiger partial charge < -0.3 is 30.2 Å². The summed E-state index contributed by atoms with van der Waals surface area (Å²) >= 11 is 6.23. The number of carbonyl (C=O) groups is 2. The van der Waals surface area contributed by atoms with Crippen LogP contribution in [0.5, 0.6) is 0 Å². The molecule has 2 aliphatic rings. The predicted octanol–water partition coefficient (Wildman–Crippen LogP) is 4.75. The molecule has 0 spiro atoms. The molecule has 2 saturated heterocycles. The van der Waals surface area contributed by atoms with E-state index in [1.54, 1.807) is 6.33 Å². The Kier molecular flexibility index (Phi) is 10.2. The highest BCUT2D eigenvalue weighted by molar-refractivity contribution is 6.30. The number of benzene rings is 1. The Hall–Kier alpha value is -3.41. The fraction of sp³-hybridized carbons (Fsp3) is 0.576. The first-order chi connectivity index (χ1) is 21.4. The van der Waals surface area contributed by atoms with E-state index in [0.717, 1.165) is 61.6 Å². The van der Waals surface area contributed by atoms with Crippen LogP contribution in [0, 0.1) is 0 Å². The normalized spacial score (nSPS) is 18.6. The SMILES string of the molecule is CC(C)N1CCN(CC[C@H](NC(=O)C2(NC(=O)OC(C)(C)C)CCN(c3ncnc4[nH]ccc34)CC2)c2ccc(Cl)cc2)CC1. The number of piperazine rings is 1. The van der Waals surface area contributed by atoms with E-state index in [4.69, 9.17) is 16.3 Å². The van der Waals surface area contributed by atoms with Gasteiger partial charge in [-0.3, -0.25) is 9.69 Å². The second-order valence-corrected chi connectivity index (χ2v) is 13.9. The molecule has 3 aromatic rings. The van der Waals surface area contributed by atoms with Crippen molar-refractivity contribution < 1.29 is 14.3 Å². The number of aromatic nitrogens is 3. The molecule has 3 N–H and O–H groups in total. The van der Waals surface area contributed by atoms with Gasteiger partial charge in [-0.1, -0.05) is 23.7 Å². The fourth-order valence-corrected chi connectivity index (χ4v) is 6.37. The molecule has 2 fully saturated rings. The van der Waals surface area contributed by atoms with Crippen LogP contribution < -0.4 is 15.5 Å². The quantitative estimate of drug-likeness (QED) is 0.307. The molecule has 0 radical (unpaired) electrons. The Morgan fingerprint density at radius 2 is 1.71 bits per heavy atom. The van der Waals surface area contributed by atoms with Crippen LogP contribution >= 0.6 is 11.6 Å². The van der Waals surface area contributed by atoms with Crippen LogP contribution in [0.15, 0.2) is 42.9 Å². The maximum Gasteiger partial charge on any atom is 0.408 e. The van der Waals surface area contributed by atoms with Gasteiger partial charge in [0.05, 0.1) is 11.4 Å². The van der Waals surface area contributed by atoms with Crippen LogP contribution in [0.2, 0.25) is 5.02 Å². The zero-order valence-electron chi connectivity index (χ0n) is 27.1. The Bertz CT molecular complexity index is 1440. The van der Waals surface area contributed by atoms with Crippen LogP contribution in [-0.4, -0.2) is 99.7 Å². The molecule has 2 aromatic heterocycles. The van der Waals surface area contributed by atoms with Crippen LogP contribution in [0.1, 0.15) is 65.5 Å². The third-order valence-corrected chi connectivity index (χ3v) is 9.13. The average Bonchev–Trinajstić information content (AvgIpc) is 3.49. The molecule has 1 aromatic carbocycles. The van der Waals surface area contributed by atoms with Gasteiger partial charge in [0.1, 0.15) is 28.9 Å². The number of H-pyrrole nitrogens is 1. The summed E-state index contributed by atoms with van der Waals surface area (Å²) in [5, 5.41) is 7.91. The Morgan fingerprint density at radius 3 is 2.36 bits per heavy atom. The van der Waals surface area contributed by atoms with Crippen molar-refractivity contribution in [2.75, 3.05) is 50.7 Å². The highest BCUT2D eigenvalue weighted by Gasteiger charge is 2.45. The van der Waals surface area contributed by atoms with E-state index in [1.165, 1.54) is 0 Å². The standard InChI is InChI=1S/C33H47ClN8O3/c1-23(2)41-20-18-40(19-21-41)15-11-27(24-6-8-25(34)9-7-24)38-30(43)33(39-31(44)45-32(3,4)5)12-16-42(17-13-33)29-26-10-14-35-28(26)36-22-37-29/h6-10,14,22-23,27H,11-13,15-21H2,1-5H3,(H,38,43)(H,39,44)(H,35,36,37)/t27-/m0/s1. The monoisotopic (exact) mass is 638 g/mol. The number of ether oxygens (including phenoxy) is 1. The first kappa shape index (κ1) is 33.0. The van der Waals surface area contributed by atoms with Crippen molar-refractivity contribution in [3.8, 4) is 0 Å². The molecule has 2 amide bonds. The lowest BCUT2D eigenvalue weighted by Gasteiger charge is -2.42. The number of anilines is 1. The van der Waals surface area contributed by atoms with Crippen LogP contribution in [0.25, 0.3) is 11.0 Å². The molecule has 0 unspecified atom stereocenters. The number of halogens is 1. The lowest BCUT2D eigenvalue weighted by atomic mass is 9.85. The predicted molar refractivity (Wildman–Crippen MR) is 178 cm³/mol. The maximum atomic E-state index is 14.4. The number of nitrogens with one attached hydrogen (secondary N) is 3. The van der Waals surface area contributed by atoms with Crippen molar-refractivity contribution in [2.45, 2.75) is 77.1 Å². The summed E-state index contributed by atoms with van der Waals surface area (Å²) in [5.41, 5.74) is -0.113. The van der Waals surface area contributed by atoms with E-state index < -0.39 is 17.2 Å². The number of hydrogen-bond donors (Lipinski definition) is 3.